The molecule has 2 aromatic rings. The summed E-state index contributed by atoms with van der Waals surface area (Å²) in [6.07, 6.45) is 3.13. The molecule has 0 spiro atoms. The first-order chi connectivity index (χ1) is 14.9. The van der Waals surface area contributed by atoms with E-state index in [1.807, 2.05) is 0 Å². The minimum atomic E-state index is -3.51. The highest BCUT2D eigenvalue weighted by Crippen LogP contribution is 2.39. The average Bonchev–Trinajstić information content (AvgIpc) is 3.34. The van der Waals surface area contributed by atoms with E-state index < -0.39 is 10.0 Å². The van der Waals surface area contributed by atoms with Gasteiger partial charge in [0.25, 0.3) is 15.9 Å². The second kappa shape index (κ2) is 10.3. The van der Waals surface area contributed by atoms with Crippen LogP contribution in [0.2, 0.25) is 0 Å². The number of sulfonamides is 1. The highest BCUT2D eigenvalue weighted by Gasteiger charge is 2.34. The Kier molecular flexibility index (Phi) is 7.79. The number of ether oxygens (including phenoxy) is 3. The Morgan fingerprint density at radius 2 is 1.90 bits per heavy atom. The summed E-state index contributed by atoms with van der Waals surface area (Å²) in [6, 6.07) is 6.49. The van der Waals surface area contributed by atoms with E-state index in [1.54, 1.807) is 34.0 Å². The van der Waals surface area contributed by atoms with Crippen LogP contribution in [0, 0.1) is 0 Å². The van der Waals surface area contributed by atoms with Crippen molar-refractivity contribution in [2.24, 2.45) is 0 Å². The van der Waals surface area contributed by atoms with Crippen molar-refractivity contribution < 1.29 is 27.4 Å². The predicted molar refractivity (Wildman–Crippen MR) is 119 cm³/mol. The molecule has 0 radical (unpaired) electrons. The molecule has 3 rings (SSSR count). The number of thiophene rings is 1. The quantitative estimate of drug-likeness (QED) is 0.608. The number of hydrogen-bond acceptors (Lipinski definition) is 7. The largest absolute Gasteiger partial charge is 0.493 e. The third kappa shape index (κ3) is 4.97. The molecular formula is C21H28N2O6S2. The summed E-state index contributed by atoms with van der Waals surface area (Å²) < 4.78 is 43.9. The molecule has 2 heterocycles. The van der Waals surface area contributed by atoms with E-state index >= 15 is 0 Å². The minimum Gasteiger partial charge on any atom is -0.493 e. The topological polar surface area (TPSA) is 94.2 Å². The van der Waals surface area contributed by atoms with E-state index in [0.717, 1.165) is 19.3 Å². The van der Waals surface area contributed by atoms with E-state index in [-0.39, 0.29) is 11.9 Å². The number of nitrogens with zero attached hydrogens (tertiary/aromatic N) is 1. The van der Waals surface area contributed by atoms with Crippen molar-refractivity contribution in [3.05, 3.63) is 35.2 Å². The molecular weight excluding hydrogens is 440 g/mol. The molecule has 1 amide bonds. The van der Waals surface area contributed by atoms with Gasteiger partial charge in [-0.05, 0) is 42.8 Å². The Morgan fingerprint density at radius 3 is 2.55 bits per heavy atom. The SMILES string of the molecule is COc1ccc(C(=O)NCCC2CCCCN2S(=O)(=O)c2cccs2)c(OC)c1OC. The number of nitrogens with one attached hydrogen (secondary N) is 1. The van der Waals surface area contributed by atoms with Gasteiger partial charge in [-0.2, -0.15) is 4.31 Å². The summed E-state index contributed by atoms with van der Waals surface area (Å²) in [5, 5.41) is 4.65. The van der Waals surface area contributed by atoms with E-state index in [1.165, 1.54) is 32.7 Å². The van der Waals surface area contributed by atoms with Gasteiger partial charge in [0.05, 0.1) is 26.9 Å². The number of carbonyl (C=O) groups excluding carboxylic acids is 1. The van der Waals surface area contributed by atoms with Crippen molar-refractivity contribution in [3.63, 3.8) is 0 Å². The summed E-state index contributed by atoms with van der Waals surface area (Å²) in [5.41, 5.74) is 0.326. The number of piperidine rings is 1. The standard InChI is InChI=1S/C21H28N2O6S2/c1-27-17-10-9-16(19(28-2)20(17)29-3)21(24)22-12-11-15-7-4-5-13-23(15)31(25,26)18-8-6-14-30-18/h6,8-10,14-15H,4-5,7,11-13H2,1-3H3,(H,22,24). The smallest absolute Gasteiger partial charge is 0.255 e. The maximum Gasteiger partial charge on any atom is 0.255 e. The summed E-state index contributed by atoms with van der Waals surface area (Å²) >= 11 is 1.23. The molecule has 0 saturated carbocycles. The zero-order valence-corrected chi connectivity index (χ0v) is 19.6. The Hall–Kier alpha value is -2.30. The van der Waals surface area contributed by atoms with Crippen molar-refractivity contribution in [3.8, 4) is 17.2 Å². The molecule has 1 aromatic heterocycles. The highest BCUT2D eigenvalue weighted by molar-refractivity contribution is 7.91. The summed E-state index contributed by atoms with van der Waals surface area (Å²) in [4.78, 5) is 12.8. The molecule has 1 saturated heterocycles. The number of rotatable bonds is 9. The molecule has 8 nitrogen and oxygen atoms in total. The second-order valence-corrected chi connectivity index (χ2v) is 10.2. The zero-order chi connectivity index (χ0) is 22.4. The first-order valence-corrected chi connectivity index (χ1v) is 12.4. The van der Waals surface area contributed by atoms with Crippen molar-refractivity contribution >= 4 is 27.3 Å². The van der Waals surface area contributed by atoms with E-state index in [2.05, 4.69) is 5.32 Å². The first-order valence-electron chi connectivity index (χ1n) is 10.1. The van der Waals surface area contributed by atoms with Gasteiger partial charge in [-0.3, -0.25) is 4.79 Å². The zero-order valence-electron chi connectivity index (χ0n) is 17.9. The van der Waals surface area contributed by atoms with Crippen LogP contribution >= 0.6 is 11.3 Å². The van der Waals surface area contributed by atoms with Crippen LogP contribution in [0.5, 0.6) is 17.2 Å². The van der Waals surface area contributed by atoms with Crippen molar-refractivity contribution in [2.45, 2.75) is 35.9 Å². The Morgan fingerprint density at radius 1 is 1.13 bits per heavy atom. The fourth-order valence-corrected chi connectivity index (χ4v) is 6.68. The van der Waals surface area contributed by atoms with Gasteiger partial charge >= 0.3 is 0 Å². The lowest BCUT2D eigenvalue weighted by Crippen LogP contribution is -2.44. The maximum absolute atomic E-state index is 13.0. The van der Waals surface area contributed by atoms with E-state index in [4.69, 9.17) is 14.2 Å². The van der Waals surface area contributed by atoms with Gasteiger partial charge in [0.15, 0.2) is 11.5 Å². The number of methoxy groups -OCH3 is 3. The molecule has 1 aliphatic heterocycles. The van der Waals surface area contributed by atoms with Crippen molar-refractivity contribution in [1.29, 1.82) is 0 Å². The Bertz CT molecular complexity index is 992. The van der Waals surface area contributed by atoms with Gasteiger partial charge in [-0.15, -0.1) is 11.3 Å². The average molecular weight is 469 g/mol. The number of hydrogen-bond donors (Lipinski definition) is 1. The fourth-order valence-electron chi connectivity index (χ4n) is 3.83. The molecule has 1 aromatic carbocycles. The van der Waals surface area contributed by atoms with Gasteiger partial charge < -0.3 is 19.5 Å². The maximum atomic E-state index is 13.0. The normalized spacial score (nSPS) is 17.2. The molecule has 1 unspecified atom stereocenters. The summed E-state index contributed by atoms with van der Waals surface area (Å²) in [7, 11) is 0.943. The van der Waals surface area contributed by atoms with Crippen LogP contribution in [0.25, 0.3) is 0 Å². The molecule has 10 heteroatoms. The number of benzene rings is 1. The monoisotopic (exact) mass is 468 g/mol. The second-order valence-electron chi connectivity index (χ2n) is 7.12. The van der Waals surface area contributed by atoms with Crippen LogP contribution in [0.4, 0.5) is 0 Å². The minimum absolute atomic E-state index is 0.145. The third-order valence-corrected chi connectivity index (χ3v) is 8.67. The van der Waals surface area contributed by atoms with Gasteiger partial charge in [-0.1, -0.05) is 12.5 Å². The van der Waals surface area contributed by atoms with Crippen LogP contribution in [-0.4, -0.2) is 59.1 Å². The molecule has 1 fully saturated rings. The van der Waals surface area contributed by atoms with Gasteiger partial charge in [-0.25, -0.2) is 8.42 Å². The van der Waals surface area contributed by atoms with Crippen molar-refractivity contribution in [2.75, 3.05) is 34.4 Å². The first kappa shape index (κ1) is 23.4. The third-order valence-electron chi connectivity index (χ3n) is 5.34. The van der Waals surface area contributed by atoms with Gasteiger partial charge in [0.1, 0.15) is 4.21 Å². The summed E-state index contributed by atoms with van der Waals surface area (Å²) in [6.45, 7) is 0.847. The Balaban J connectivity index is 1.68. The molecule has 170 valence electrons. The number of carbonyl (C=O) groups is 1. The fraction of sp³-hybridized carbons (Fsp3) is 0.476. The molecule has 0 aliphatic carbocycles. The van der Waals surface area contributed by atoms with Crippen LogP contribution in [-0.2, 0) is 10.0 Å². The van der Waals surface area contributed by atoms with E-state index in [0.29, 0.717) is 46.5 Å². The lowest BCUT2D eigenvalue weighted by atomic mass is 10.0. The van der Waals surface area contributed by atoms with Gasteiger partial charge in [0, 0.05) is 19.1 Å². The van der Waals surface area contributed by atoms with Crippen LogP contribution in [0.1, 0.15) is 36.0 Å². The lowest BCUT2D eigenvalue weighted by Gasteiger charge is -2.34. The van der Waals surface area contributed by atoms with Gasteiger partial charge in [0.2, 0.25) is 5.75 Å². The van der Waals surface area contributed by atoms with E-state index in [9.17, 15) is 13.2 Å². The lowest BCUT2D eigenvalue weighted by molar-refractivity contribution is 0.0945. The molecule has 1 N–H and O–H groups in total. The predicted octanol–water partition coefficient (Wildman–Crippen LogP) is 3.14. The molecule has 1 aliphatic rings. The molecule has 31 heavy (non-hydrogen) atoms. The van der Waals surface area contributed by atoms with Crippen molar-refractivity contribution in [1.82, 2.24) is 9.62 Å². The Labute approximate surface area is 187 Å². The molecule has 1 atom stereocenters. The molecule has 0 bridgehead atoms. The van der Waals surface area contributed by atoms with Crippen LogP contribution in [0.3, 0.4) is 0 Å². The highest BCUT2D eigenvalue weighted by atomic mass is 32.2. The number of amides is 1. The van der Waals surface area contributed by atoms with Crippen LogP contribution < -0.4 is 19.5 Å². The summed E-state index contributed by atoms with van der Waals surface area (Å²) in [5.74, 6) is 0.783. The van der Waals surface area contributed by atoms with Crippen LogP contribution in [0.15, 0.2) is 33.9 Å².